The number of rotatable bonds is 3. The zero-order valence-electron chi connectivity index (χ0n) is 13.1. The van der Waals surface area contributed by atoms with Crippen LogP contribution in [0, 0.1) is 23.3 Å². The molecule has 0 atom stereocenters. The third-order valence-corrected chi connectivity index (χ3v) is 4.92. The summed E-state index contributed by atoms with van der Waals surface area (Å²) in [5.41, 5.74) is -0.833. The standard InChI is InChI=1S/C17H10F4O4S/c1-26(23,24)15-6-12(19)9(5-14(15)21)10-7-25-17(22)16(10)8-2-3-11(18)13(20)4-8/h2-6H,7H2,1H3. The second kappa shape index (κ2) is 6.24. The highest BCUT2D eigenvalue weighted by molar-refractivity contribution is 7.90. The Morgan fingerprint density at radius 2 is 1.62 bits per heavy atom. The van der Waals surface area contributed by atoms with Gasteiger partial charge in [-0.3, -0.25) is 0 Å². The van der Waals surface area contributed by atoms with Gasteiger partial charge < -0.3 is 4.74 Å². The van der Waals surface area contributed by atoms with Crippen molar-refractivity contribution in [3.8, 4) is 0 Å². The molecule has 26 heavy (non-hydrogen) atoms. The van der Waals surface area contributed by atoms with Crippen LogP contribution in [0.1, 0.15) is 11.1 Å². The molecule has 9 heteroatoms. The smallest absolute Gasteiger partial charge is 0.339 e. The van der Waals surface area contributed by atoms with Crippen LogP contribution in [0.25, 0.3) is 11.1 Å². The molecule has 0 amide bonds. The van der Waals surface area contributed by atoms with Gasteiger partial charge >= 0.3 is 5.97 Å². The summed E-state index contributed by atoms with van der Waals surface area (Å²) in [4.78, 5) is 11.1. The first-order valence-corrected chi connectivity index (χ1v) is 9.04. The fourth-order valence-corrected chi connectivity index (χ4v) is 3.34. The zero-order valence-corrected chi connectivity index (χ0v) is 14.0. The molecule has 1 heterocycles. The van der Waals surface area contributed by atoms with Crippen molar-refractivity contribution in [3.05, 3.63) is 64.7 Å². The highest BCUT2D eigenvalue weighted by Gasteiger charge is 2.30. The maximum atomic E-state index is 14.4. The first kappa shape index (κ1) is 18.1. The monoisotopic (exact) mass is 386 g/mol. The Hall–Kier alpha value is -2.68. The number of carbonyl (C=O) groups is 1. The minimum atomic E-state index is -4.00. The fourth-order valence-electron chi connectivity index (χ4n) is 2.61. The van der Waals surface area contributed by atoms with E-state index in [0.717, 1.165) is 24.5 Å². The molecule has 1 aliphatic rings. The lowest BCUT2D eigenvalue weighted by Crippen LogP contribution is -2.05. The van der Waals surface area contributed by atoms with Gasteiger partial charge in [0, 0.05) is 17.4 Å². The second-order valence-electron chi connectivity index (χ2n) is 5.59. The molecular weight excluding hydrogens is 376 g/mol. The maximum Gasteiger partial charge on any atom is 0.339 e. The maximum absolute atomic E-state index is 14.4. The van der Waals surface area contributed by atoms with Crippen molar-refractivity contribution >= 4 is 27.0 Å². The van der Waals surface area contributed by atoms with Gasteiger partial charge in [-0.25, -0.2) is 30.8 Å². The third kappa shape index (κ3) is 3.10. The van der Waals surface area contributed by atoms with E-state index in [1.165, 1.54) is 0 Å². The molecule has 2 aromatic carbocycles. The van der Waals surface area contributed by atoms with Crippen molar-refractivity contribution in [3.63, 3.8) is 0 Å². The highest BCUT2D eigenvalue weighted by atomic mass is 32.2. The molecule has 0 saturated carbocycles. The number of esters is 1. The summed E-state index contributed by atoms with van der Waals surface area (Å²) >= 11 is 0. The van der Waals surface area contributed by atoms with Crippen molar-refractivity contribution in [2.24, 2.45) is 0 Å². The number of ether oxygens (including phenoxy) is 1. The molecule has 0 fully saturated rings. The minimum absolute atomic E-state index is 0.0756. The Labute approximate surface area is 145 Å². The van der Waals surface area contributed by atoms with Crippen LogP contribution in [-0.2, 0) is 19.4 Å². The Morgan fingerprint density at radius 3 is 2.23 bits per heavy atom. The van der Waals surface area contributed by atoms with E-state index in [2.05, 4.69) is 0 Å². The number of hydrogen-bond acceptors (Lipinski definition) is 4. The Morgan fingerprint density at radius 1 is 0.923 bits per heavy atom. The lowest BCUT2D eigenvalue weighted by molar-refractivity contribution is -0.133. The molecule has 3 rings (SSSR count). The molecule has 0 saturated heterocycles. The predicted molar refractivity (Wildman–Crippen MR) is 83.6 cm³/mol. The first-order valence-electron chi connectivity index (χ1n) is 7.14. The number of halogens is 4. The van der Waals surface area contributed by atoms with Crippen LogP contribution in [0.3, 0.4) is 0 Å². The van der Waals surface area contributed by atoms with Crippen molar-refractivity contribution in [2.75, 3.05) is 12.9 Å². The van der Waals surface area contributed by atoms with Crippen LogP contribution in [0.2, 0.25) is 0 Å². The summed E-state index contributed by atoms with van der Waals surface area (Å²) in [7, 11) is -4.00. The van der Waals surface area contributed by atoms with Crippen LogP contribution >= 0.6 is 0 Å². The van der Waals surface area contributed by atoms with Gasteiger partial charge in [-0.2, -0.15) is 0 Å². The van der Waals surface area contributed by atoms with Gasteiger partial charge in [0.2, 0.25) is 0 Å². The van der Waals surface area contributed by atoms with E-state index in [0.29, 0.717) is 12.1 Å². The third-order valence-electron chi connectivity index (χ3n) is 3.81. The van der Waals surface area contributed by atoms with Crippen LogP contribution in [0.5, 0.6) is 0 Å². The van der Waals surface area contributed by atoms with Gasteiger partial charge in [0.25, 0.3) is 0 Å². The molecule has 0 unspecified atom stereocenters. The quantitative estimate of drug-likeness (QED) is 0.601. The van der Waals surface area contributed by atoms with E-state index in [9.17, 15) is 30.8 Å². The topological polar surface area (TPSA) is 60.4 Å². The van der Waals surface area contributed by atoms with Gasteiger partial charge in [-0.05, 0) is 29.8 Å². The molecule has 0 spiro atoms. The van der Waals surface area contributed by atoms with E-state index in [1.54, 1.807) is 0 Å². The van der Waals surface area contributed by atoms with Gasteiger partial charge in [-0.15, -0.1) is 0 Å². The van der Waals surface area contributed by atoms with Gasteiger partial charge in [0.15, 0.2) is 21.5 Å². The average Bonchev–Trinajstić information content (AvgIpc) is 2.92. The van der Waals surface area contributed by atoms with Gasteiger partial charge in [0.1, 0.15) is 23.1 Å². The van der Waals surface area contributed by atoms with Gasteiger partial charge in [0.05, 0.1) is 5.57 Å². The predicted octanol–water partition coefficient (Wildman–Crippen LogP) is 3.11. The normalized spacial score (nSPS) is 14.7. The Kier molecular flexibility index (Phi) is 4.35. The molecule has 136 valence electrons. The summed E-state index contributed by atoms with van der Waals surface area (Å²) in [6.45, 7) is -0.429. The van der Waals surface area contributed by atoms with Crippen LogP contribution in [0.15, 0.2) is 35.2 Å². The SMILES string of the molecule is CS(=O)(=O)c1cc(F)c(C2=C(c3ccc(F)c(F)c3)C(=O)OC2)cc1F. The molecule has 0 bridgehead atoms. The zero-order chi connectivity index (χ0) is 19.2. The molecule has 2 aromatic rings. The molecule has 0 radical (unpaired) electrons. The fraction of sp³-hybridized carbons (Fsp3) is 0.118. The highest BCUT2D eigenvalue weighted by Crippen LogP contribution is 2.35. The molecular formula is C17H10F4O4S. The first-order chi connectivity index (χ1) is 12.1. The lowest BCUT2D eigenvalue weighted by Gasteiger charge is -2.09. The minimum Gasteiger partial charge on any atom is -0.457 e. The Balaban J connectivity index is 2.23. The van der Waals surface area contributed by atoms with Crippen molar-refractivity contribution in [1.29, 1.82) is 0 Å². The van der Waals surface area contributed by atoms with E-state index in [4.69, 9.17) is 4.74 Å². The molecule has 4 nitrogen and oxygen atoms in total. The van der Waals surface area contributed by atoms with Crippen LogP contribution < -0.4 is 0 Å². The lowest BCUT2D eigenvalue weighted by atomic mass is 9.96. The van der Waals surface area contributed by atoms with Crippen molar-refractivity contribution in [1.82, 2.24) is 0 Å². The number of hydrogen-bond donors (Lipinski definition) is 0. The molecule has 0 aliphatic carbocycles. The molecule has 1 aliphatic heterocycles. The van der Waals surface area contributed by atoms with E-state index in [1.807, 2.05) is 0 Å². The number of benzene rings is 2. The average molecular weight is 386 g/mol. The summed E-state index contributed by atoms with van der Waals surface area (Å²) in [5.74, 6) is -5.59. The number of carbonyl (C=O) groups excluding carboxylic acids is 1. The summed E-state index contributed by atoms with van der Waals surface area (Å²) in [6.07, 6.45) is 0.721. The van der Waals surface area contributed by atoms with Crippen LogP contribution in [-0.4, -0.2) is 27.2 Å². The number of sulfone groups is 1. The summed E-state index contributed by atoms with van der Waals surface area (Å²) in [5, 5.41) is 0. The molecule has 0 N–H and O–H groups in total. The van der Waals surface area contributed by atoms with E-state index in [-0.39, 0.29) is 16.7 Å². The number of cyclic esters (lactones) is 1. The largest absolute Gasteiger partial charge is 0.457 e. The summed E-state index contributed by atoms with van der Waals surface area (Å²) in [6, 6.07) is 3.74. The Bertz CT molecular complexity index is 1070. The summed E-state index contributed by atoms with van der Waals surface area (Å²) < 4.78 is 82.8. The van der Waals surface area contributed by atoms with Crippen molar-refractivity contribution < 1.29 is 35.5 Å². The van der Waals surface area contributed by atoms with Crippen molar-refractivity contribution in [2.45, 2.75) is 4.90 Å². The van der Waals surface area contributed by atoms with Crippen LogP contribution in [0.4, 0.5) is 17.6 Å². The van der Waals surface area contributed by atoms with Gasteiger partial charge in [-0.1, -0.05) is 6.07 Å². The molecule has 0 aromatic heterocycles. The van der Waals surface area contributed by atoms with E-state index < -0.39 is 56.1 Å². The second-order valence-corrected chi connectivity index (χ2v) is 7.58. The van der Waals surface area contributed by atoms with E-state index >= 15 is 0 Å².